The van der Waals surface area contributed by atoms with E-state index in [2.05, 4.69) is 222 Å². The average Bonchev–Trinajstić information content (AvgIpc) is 4.14. The van der Waals surface area contributed by atoms with Crippen molar-refractivity contribution in [2.75, 3.05) is 4.90 Å². The van der Waals surface area contributed by atoms with E-state index in [1.165, 1.54) is 30.9 Å². The van der Waals surface area contributed by atoms with Crippen LogP contribution in [0.4, 0.5) is 17.1 Å². The molecule has 0 fully saturated rings. The van der Waals surface area contributed by atoms with E-state index in [4.69, 9.17) is 8.83 Å². The zero-order chi connectivity index (χ0) is 42.6. The lowest BCUT2D eigenvalue weighted by atomic mass is 9.97. The molecule has 0 aliphatic rings. The molecule has 10 aromatic carbocycles. The fourth-order valence-electron chi connectivity index (χ4n) is 10.4. The SMILES string of the molecule is c1ccc(N(c2cc(-c3ccccc3-n3c4ccccc4c4ccccc43)c3oc4ccccc4c3c2)c2cccc3c2sc2ccccc23)c(-c2cccc3c2oc2ccccc23)c1. The van der Waals surface area contributed by atoms with Gasteiger partial charge < -0.3 is 18.3 Å². The van der Waals surface area contributed by atoms with E-state index < -0.39 is 0 Å². The Kier molecular flexibility index (Phi) is 7.82. The number of hydrogen-bond acceptors (Lipinski definition) is 4. The third kappa shape index (κ3) is 5.37. The van der Waals surface area contributed by atoms with E-state index in [0.29, 0.717) is 0 Å². The zero-order valence-electron chi connectivity index (χ0n) is 34.9. The van der Waals surface area contributed by atoms with Gasteiger partial charge in [0, 0.05) is 75.7 Å². The van der Waals surface area contributed by atoms with E-state index in [-0.39, 0.29) is 0 Å². The van der Waals surface area contributed by atoms with Crippen LogP contribution >= 0.6 is 11.3 Å². The third-order valence-corrected chi connectivity index (χ3v) is 14.4. The highest BCUT2D eigenvalue weighted by Crippen LogP contribution is 2.51. The van der Waals surface area contributed by atoms with Crippen molar-refractivity contribution in [3.05, 3.63) is 218 Å². The molecule has 14 aromatic rings. The predicted octanol–water partition coefficient (Wildman–Crippen LogP) is 17.8. The molecule has 0 aliphatic heterocycles. The van der Waals surface area contributed by atoms with Crippen LogP contribution in [0.25, 0.3) is 114 Å². The Morgan fingerprint density at radius 2 is 0.877 bits per heavy atom. The Bertz CT molecular complexity index is 4170. The number of thiophene rings is 1. The van der Waals surface area contributed by atoms with Crippen LogP contribution in [0.3, 0.4) is 0 Å². The van der Waals surface area contributed by atoms with Gasteiger partial charge in [0.2, 0.25) is 0 Å². The summed E-state index contributed by atoms with van der Waals surface area (Å²) < 4.78 is 18.6. The van der Waals surface area contributed by atoms with Gasteiger partial charge in [0.25, 0.3) is 0 Å². The Balaban J connectivity index is 1.10. The van der Waals surface area contributed by atoms with Crippen LogP contribution in [0.2, 0.25) is 0 Å². The molecular formula is C60H36N2O2S. The molecule has 0 bridgehead atoms. The predicted molar refractivity (Wildman–Crippen MR) is 274 cm³/mol. The molecule has 4 nitrogen and oxygen atoms in total. The molecule has 0 radical (unpaired) electrons. The number of hydrogen-bond donors (Lipinski definition) is 0. The largest absolute Gasteiger partial charge is 0.455 e. The number of furan rings is 2. The Labute approximate surface area is 377 Å². The molecule has 0 atom stereocenters. The van der Waals surface area contributed by atoms with Gasteiger partial charge in [-0.15, -0.1) is 11.3 Å². The third-order valence-electron chi connectivity index (χ3n) is 13.2. The molecule has 65 heavy (non-hydrogen) atoms. The Hall–Kier alpha value is -8.38. The van der Waals surface area contributed by atoms with Gasteiger partial charge in [0.05, 0.1) is 32.8 Å². The summed E-state index contributed by atoms with van der Waals surface area (Å²) >= 11 is 1.84. The van der Waals surface area contributed by atoms with E-state index in [1.54, 1.807) is 0 Å². The van der Waals surface area contributed by atoms with E-state index in [0.717, 1.165) is 99.9 Å². The number of rotatable bonds is 6. The number of para-hydroxylation sites is 7. The first-order valence-electron chi connectivity index (χ1n) is 22.0. The summed E-state index contributed by atoms with van der Waals surface area (Å²) in [7, 11) is 0. The second-order valence-corrected chi connectivity index (χ2v) is 17.8. The summed E-state index contributed by atoms with van der Waals surface area (Å²) in [6.07, 6.45) is 0. The van der Waals surface area contributed by atoms with Crippen molar-refractivity contribution in [3.8, 4) is 27.9 Å². The summed E-state index contributed by atoms with van der Waals surface area (Å²) in [4.78, 5) is 2.47. The second kappa shape index (κ2) is 14.1. The lowest BCUT2D eigenvalue weighted by molar-refractivity contribution is 0.669. The molecule has 0 saturated carbocycles. The molecule has 4 aromatic heterocycles. The first kappa shape index (κ1) is 36.1. The fourth-order valence-corrected chi connectivity index (χ4v) is 11.6. The van der Waals surface area contributed by atoms with Crippen LogP contribution in [0.1, 0.15) is 0 Å². The number of aromatic nitrogens is 1. The van der Waals surface area contributed by atoms with Gasteiger partial charge in [-0.3, -0.25) is 0 Å². The van der Waals surface area contributed by atoms with Gasteiger partial charge in [0.1, 0.15) is 22.3 Å². The normalized spacial score (nSPS) is 12.0. The summed E-state index contributed by atoms with van der Waals surface area (Å²) in [5, 5.41) is 9.26. The zero-order valence-corrected chi connectivity index (χ0v) is 35.7. The quantitative estimate of drug-likeness (QED) is 0.167. The van der Waals surface area contributed by atoms with Gasteiger partial charge in [0.15, 0.2) is 0 Å². The smallest absolute Gasteiger partial charge is 0.143 e. The molecule has 304 valence electrons. The standard InChI is InChI=1S/C60H36N2O2S/c1-9-28-51-38(17-1)39-18-2-10-29-52(39)62(51)53-30-11-4-20-41(53)48-35-37(36-49-43-22-6-13-33-56(43)64-59(48)49)61(54-31-16-26-47-44-23-7-14-34-57(44)65-60(47)54)50-27-8-3-19-40(50)45-24-15-25-46-42-21-5-12-32-55(42)63-58(45)46/h1-36H. The maximum absolute atomic E-state index is 6.97. The molecule has 0 spiro atoms. The topological polar surface area (TPSA) is 34.5 Å². The average molecular weight is 849 g/mol. The fraction of sp³-hybridized carbons (Fsp3) is 0. The minimum Gasteiger partial charge on any atom is -0.455 e. The lowest BCUT2D eigenvalue weighted by Crippen LogP contribution is -2.12. The van der Waals surface area contributed by atoms with Crippen molar-refractivity contribution in [3.63, 3.8) is 0 Å². The lowest BCUT2D eigenvalue weighted by Gasteiger charge is -2.29. The van der Waals surface area contributed by atoms with Crippen LogP contribution in [-0.2, 0) is 0 Å². The van der Waals surface area contributed by atoms with E-state index in [9.17, 15) is 0 Å². The van der Waals surface area contributed by atoms with Crippen molar-refractivity contribution in [2.45, 2.75) is 0 Å². The van der Waals surface area contributed by atoms with Crippen LogP contribution in [0, 0.1) is 0 Å². The van der Waals surface area contributed by atoms with Crippen molar-refractivity contribution in [1.29, 1.82) is 0 Å². The minimum atomic E-state index is 0.850. The van der Waals surface area contributed by atoms with Crippen LogP contribution in [-0.4, -0.2) is 4.57 Å². The highest BCUT2D eigenvalue weighted by molar-refractivity contribution is 7.26. The molecule has 4 heterocycles. The molecule has 14 rings (SSSR count). The summed E-state index contributed by atoms with van der Waals surface area (Å²) in [6.45, 7) is 0. The number of fused-ring (bicyclic) bond motifs is 12. The van der Waals surface area contributed by atoms with Gasteiger partial charge in [-0.1, -0.05) is 158 Å². The molecule has 0 saturated heterocycles. The second-order valence-electron chi connectivity index (χ2n) is 16.7. The van der Waals surface area contributed by atoms with Gasteiger partial charge in [-0.2, -0.15) is 0 Å². The monoisotopic (exact) mass is 848 g/mol. The van der Waals surface area contributed by atoms with Crippen LogP contribution in [0.5, 0.6) is 0 Å². The van der Waals surface area contributed by atoms with Crippen LogP contribution < -0.4 is 4.90 Å². The molecule has 0 amide bonds. The Morgan fingerprint density at radius 3 is 1.65 bits per heavy atom. The van der Waals surface area contributed by atoms with Crippen molar-refractivity contribution in [1.82, 2.24) is 4.57 Å². The molecule has 5 heteroatoms. The number of anilines is 3. The Morgan fingerprint density at radius 1 is 0.354 bits per heavy atom. The van der Waals surface area contributed by atoms with E-state index >= 15 is 0 Å². The highest BCUT2D eigenvalue weighted by Gasteiger charge is 2.26. The van der Waals surface area contributed by atoms with Gasteiger partial charge >= 0.3 is 0 Å². The highest BCUT2D eigenvalue weighted by atomic mass is 32.1. The molecular weight excluding hydrogens is 813 g/mol. The molecule has 0 N–H and O–H groups in total. The van der Waals surface area contributed by atoms with E-state index in [1.807, 2.05) is 17.4 Å². The summed E-state index contributed by atoms with van der Waals surface area (Å²) in [6, 6.07) is 78.4. The van der Waals surface area contributed by atoms with Gasteiger partial charge in [-0.25, -0.2) is 0 Å². The maximum atomic E-state index is 6.97. The summed E-state index contributed by atoms with van der Waals surface area (Å²) in [5.41, 5.74) is 14.2. The number of nitrogens with zero attached hydrogens (tertiary/aromatic N) is 2. The first-order valence-corrected chi connectivity index (χ1v) is 22.8. The maximum Gasteiger partial charge on any atom is 0.143 e. The summed E-state index contributed by atoms with van der Waals surface area (Å²) in [5.74, 6) is 0. The van der Waals surface area contributed by atoms with Crippen LogP contribution in [0.15, 0.2) is 227 Å². The molecule has 0 aliphatic carbocycles. The first-order chi connectivity index (χ1) is 32.3. The van der Waals surface area contributed by atoms with Crippen molar-refractivity contribution < 1.29 is 8.83 Å². The minimum absolute atomic E-state index is 0.850. The van der Waals surface area contributed by atoms with Gasteiger partial charge in [-0.05, 0) is 60.7 Å². The van der Waals surface area contributed by atoms with Crippen molar-refractivity contribution >= 4 is 114 Å². The molecule has 0 unspecified atom stereocenters. The van der Waals surface area contributed by atoms with Crippen molar-refractivity contribution in [2.24, 2.45) is 0 Å². The number of benzene rings is 10.